The molecule has 2 rings (SSSR count). The van der Waals surface area contributed by atoms with Gasteiger partial charge in [-0.3, -0.25) is 4.98 Å². The zero-order chi connectivity index (χ0) is 14.5. The molecule has 0 radical (unpaired) electrons. The molecule has 5 heteroatoms. The van der Waals surface area contributed by atoms with Crippen LogP contribution in [0.3, 0.4) is 0 Å². The monoisotopic (exact) mass is 278 g/mol. The van der Waals surface area contributed by atoms with Crippen molar-refractivity contribution >= 4 is 0 Å². The van der Waals surface area contributed by atoms with Crippen LogP contribution >= 0.6 is 0 Å². The first kappa shape index (κ1) is 14.4. The molecular formula is C15H16F2N2O. The maximum Gasteiger partial charge on any atom is 0.162 e. The number of aromatic nitrogens is 1. The highest BCUT2D eigenvalue weighted by molar-refractivity contribution is 5.36. The molecule has 0 amide bonds. The summed E-state index contributed by atoms with van der Waals surface area (Å²) in [5, 5.41) is 3.25. The minimum absolute atomic E-state index is 0.251. The molecule has 0 fully saturated rings. The van der Waals surface area contributed by atoms with Crippen molar-refractivity contribution in [1.82, 2.24) is 10.3 Å². The van der Waals surface area contributed by atoms with E-state index in [9.17, 15) is 8.78 Å². The minimum Gasteiger partial charge on any atom is -0.457 e. The van der Waals surface area contributed by atoms with Gasteiger partial charge in [0.1, 0.15) is 11.5 Å². The van der Waals surface area contributed by atoms with E-state index in [2.05, 4.69) is 10.3 Å². The second kappa shape index (κ2) is 6.43. The van der Waals surface area contributed by atoms with Gasteiger partial charge in [0.15, 0.2) is 11.6 Å². The number of pyridine rings is 1. The van der Waals surface area contributed by atoms with Gasteiger partial charge in [-0.25, -0.2) is 8.78 Å². The maximum atomic E-state index is 13.2. The molecule has 3 nitrogen and oxygen atoms in total. The first-order valence-electron chi connectivity index (χ1n) is 6.35. The number of hydrogen-bond acceptors (Lipinski definition) is 3. The number of hydrogen-bond donors (Lipinski definition) is 1. The summed E-state index contributed by atoms with van der Waals surface area (Å²) < 4.78 is 31.6. The van der Waals surface area contributed by atoms with E-state index in [4.69, 9.17) is 4.74 Å². The SMILES string of the molecule is CC(C)NCc1cnccc1Oc1ccc(F)c(F)c1. The van der Waals surface area contributed by atoms with Crippen LogP contribution in [0.5, 0.6) is 11.5 Å². The molecular weight excluding hydrogens is 262 g/mol. The summed E-state index contributed by atoms with van der Waals surface area (Å²) in [5.41, 5.74) is 0.853. The van der Waals surface area contributed by atoms with Crippen LogP contribution in [0.25, 0.3) is 0 Å². The van der Waals surface area contributed by atoms with Gasteiger partial charge in [0.05, 0.1) is 0 Å². The Bertz CT molecular complexity index is 588. The van der Waals surface area contributed by atoms with Crippen LogP contribution < -0.4 is 10.1 Å². The van der Waals surface area contributed by atoms with Crippen LogP contribution in [0.2, 0.25) is 0 Å². The smallest absolute Gasteiger partial charge is 0.162 e. The highest BCUT2D eigenvalue weighted by atomic mass is 19.2. The van der Waals surface area contributed by atoms with Gasteiger partial charge in [0.25, 0.3) is 0 Å². The van der Waals surface area contributed by atoms with E-state index < -0.39 is 11.6 Å². The van der Waals surface area contributed by atoms with Crippen molar-refractivity contribution in [3.8, 4) is 11.5 Å². The Morgan fingerprint density at radius 3 is 2.70 bits per heavy atom. The zero-order valence-corrected chi connectivity index (χ0v) is 11.4. The molecule has 0 aliphatic heterocycles. The third kappa shape index (κ3) is 3.74. The van der Waals surface area contributed by atoms with Gasteiger partial charge >= 0.3 is 0 Å². The van der Waals surface area contributed by atoms with Gasteiger partial charge in [0.2, 0.25) is 0 Å². The molecule has 0 saturated heterocycles. The van der Waals surface area contributed by atoms with Crippen molar-refractivity contribution in [2.24, 2.45) is 0 Å². The van der Waals surface area contributed by atoms with Crippen LogP contribution in [0.4, 0.5) is 8.78 Å². The summed E-state index contributed by atoms with van der Waals surface area (Å²) in [6.45, 7) is 4.66. The Morgan fingerprint density at radius 1 is 1.20 bits per heavy atom. The predicted molar refractivity (Wildman–Crippen MR) is 72.6 cm³/mol. The third-order valence-corrected chi connectivity index (χ3v) is 2.68. The lowest BCUT2D eigenvalue weighted by Gasteiger charge is -2.13. The molecule has 0 aliphatic rings. The van der Waals surface area contributed by atoms with Crippen molar-refractivity contribution < 1.29 is 13.5 Å². The topological polar surface area (TPSA) is 34.2 Å². The fourth-order valence-corrected chi connectivity index (χ4v) is 1.63. The van der Waals surface area contributed by atoms with Gasteiger partial charge in [-0.1, -0.05) is 13.8 Å². The molecule has 0 atom stereocenters. The molecule has 20 heavy (non-hydrogen) atoms. The van der Waals surface area contributed by atoms with Crippen molar-refractivity contribution in [3.63, 3.8) is 0 Å². The van der Waals surface area contributed by atoms with E-state index in [0.29, 0.717) is 18.3 Å². The number of ether oxygens (including phenoxy) is 1. The van der Waals surface area contributed by atoms with Gasteiger partial charge in [0, 0.05) is 36.6 Å². The largest absolute Gasteiger partial charge is 0.457 e. The predicted octanol–water partition coefficient (Wildman–Crippen LogP) is 3.65. The Labute approximate surface area is 116 Å². The average molecular weight is 278 g/mol. The van der Waals surface area contributed by atoms with Crippen molar-refractivity contribution in [3.05, 3.63) is 53.9 Å². The minimum atomic E-state index is -0.932. The van der Waals surface area contributed by atoms with Gasteiger partial charge in [-0.2, -0.15) is 0 Å². The highest BCUT2D eigenvalue weighted by Gasteiger charge is 2.08. The van der Waals surface area contributed by atoms with Crippen molar-refractivity contribution in [2.45, 2.75) is 26.4 Å². The number of nitrogens with one attached hydrogen (secondary N) is 1. The number of rotatable bonds is 5. The van der Waals surface area contributed by atoms with Gasteiger partial charge in [-0.15, -0.1) is 0 Å². The second-order valence-electron chi connectivity index (χ2n) is 4.70. The van der Waals surface area contributed by atoms with E-state index in [1.807, 2.05) is 13.8 Å². The van der Waals surface area contributed by atoms with Gasteiger partial charge < -0.3 is 10.1 Å². The molecule has 1 N–H and O–H groups in total. The lowest BCUT2D eigenvalue weighted by atomic mass is 10.2. The summed E-state index contributed by atoms with van der Waals surface area (Å²) in [5.74, 6) is -1.01. The molecule has 0 bridgehead atoms. The Kier molecular flexibility index (Phi) is 4.63. The summed E-state index contributed by atoms with van der Waals surface area (Å²) in [6, 6.07) is 5.47. The second-order valence-corrected chi connectivity index (χ2v) is 4.70. The summed E-state index contributed by atoms with van der Waals surface area (Å²) in [4.78, 5) is 4.04. The van der Waals surface area contributed by atoms with Crippen LogP contribution in [0, 0.1) is 11.6 Å². The Hall–Kier alpha value is -2.01. The summed E-state index contributed by atoms with van der Waals surface area (Å²) >= 11 is 0. The highest BCUT2D eigenvalue weighted by Crippen LogP contribution is 2.25. The third-order valence-electron chi connectivity index (χ3n) is 2.68. The standard InChI is InChI=1S/C15H16F2N2O/c1-10(2)19-9-11-8-18-6-5-15(11)20-12-3-4-13(16)14(17)7-12/h3-8,10,19H,9H2,1-2H3. The quantitative estimate of drug-likeness (QED) is 0.906. The first-order chi connectivity index (χ1) is 9.56. The molecule has 2 aromatic rings. The van der Waals surface area contributed by atoms with Crippen LogP contribution in [-0.2, 0) is 6.54 Å². The lowest BCUT2D eigenvalue weighted by molar-refractivity contribution is 0.452. The molecule has 0 unspecified atom stereocenters. The Morgan fingerprint density at radius 2 is 2.00 bits per heavy atom. The van der Waals surface area contributed by atoms with E-state index in [1.165, 1.54) is 6.07 Å². The number of nitrogens with zero attached hydrogens (tertiary/aromatic N) is 1. The number of benzene rings is 1. The summed E-state index contributed by atoms with van der Waals surface area (Å²) in [7, 11) is 0. The molecule has 1 aromatic heterocycles. The van der Waals surface area contributed by atoms with Crippen LogP contribution in [0.1, 0.15) is 19.4 Å². The molecule has 0 spiro atoms. The fraction of sp³-hybridized carbons (Fsp3) is 0.267. The zero-order valence-electron chi connectivity index (χ0n) is 11.4. The van der Waals surface area contributed by atoms with E-state index in [1.54, 1.807) is 18.5 Å². The van der Waals surface area contributed by atoms with Crippen LogP contribution in [0.15, 0.2) is 36.7 Å². The Balaban J connectivity index is 2.17. The normalized spacial score (nSPS) is 10.8. The summed E-state index contributed by atoms with van der Waals surface area (Å²) in [6.07, 6.45) is 3.28. The lowest BCUT2D eigenvalue weighted by Crippen LogP contribution is -2.22. The molecule has 0 saturated carbocycles. The molecule has 0 aliphatic carbocycles. The first-order valence-corrected chi connectivity index (χ1v) is 6.35. The molecule has 1 heterocycles. The molecule has 106 valence electrons. The van der Waals surface area contributed by atoms with Crippen LogP contribution in [-0.4, -0.2) is 11.0 Å². The van der Waals surface area contributed by atoms with E-state index in [-0.39, 0.29) is 5.75 Å². The van der Waals surface area contributed by atoms with E-state index >= 15 is 0 Å². The molecule has 1 aromatic carbocycles. The average Bonchev–Trinajstić information content (AvgIpc) is 2.42. The maximum absolute atomic E-state index is 13.2. The van der Waals surface area contributed by atoms with E-state index in [0.717, 1.165) is 17.7 Å². The van der Waals surface area contributed by atoms with Gasteiger partial charge in [-0.05, 0) is 18.2 Å². The fourth-order valence-electron chi connectivity index (χ4n) is 1.63. The number of halogens is 2. The van der Waals surface area contributed by atoms with Crippen molar-refractivity contribution in [2.75, 3.05) is 0 Å². The van der Waals surface area contributed by atoms with Crippen molar-refractivity contribution in [1.29, 1.82) is 0 Å².